The number of hydrogen-bond donors (Lipinski definition) is 3. The van der Waals surface area contributed by atoms with E-state index in [0.717, 1.165) is 38.0 Å². The maximum absolute atomic E-state index is 13.6. The third-order valence-corrected chi connectivity index (χ3v) is 9.28. The second-order valence-electron chi connectivity index (χ2n) is 13.5. The molecule has 3 aliphatic heterocycles. The summed E-state index contributed by atoms with van der Waals surface area (Å²) in [4.78, 5) is 42.6. The van der Waals surface area contributed by atoms with Gasteiger partial charge in [-0.2, -0.15) is 28.1 Å². The molecule has 1 aromatic heterocycles. The van der Waals surface area contributed by atoms with Crippen LogP contribution in [-0.4, -0.2) is 109 Å². The number of hydrogen-bond acceptors (Lipinski definition) is 12. The Morgan fingerprint density at radius 2 is 1.64 bits per heavy atom. The normalized spacial score (nSPS) is 17.8. The molecule has 14 nitrogen and oxygen atoms in total. The van der Waals surface area contributed by atoms with E-state index in [-0.39, 0.29) is 42.1 Å². The number of methoxy groups -OCH3 is 1. The number of nitrogens with zero attached hydrogens (tertiary/aromatic N) is 5. The van der Waals surface area contributed by atoms with E-state index >= 15 is 0 Å². The minimum atomic E-state index is -4.61. The average molecular weight is 743 g/mol. The van der Waals surface area contributed by atoms with Gasteiger partial charge in [0.05, 0.1) is 25.9 Å². The number of carbonyl (C=O) groups excluding carboxylic acids is 2. The first-order chi connectivity index (χ1) is 25.6. The second kappa shape index (κ2) is 17.2. The number of likely N-dealkylation sites (tertiary alicyclic amines) is 1. The number of amides is 2. The van der Waals surface area contributed by atoms with Gasteiger partial charge >= 0.3 is 18.3 Å². The van der Waals surface area contributed by atoms with Crippen LogP contribution in [0.4, 0.5) is 35.5 Å². The molecular weight excluding hydrogens is 697 g/mol. The van der Waals surface area contributed by atoms with Crippen molar-refractivity contribution in [2.24, 2.45) is 5.41 Å². The first-order valence-electron chi connectivity index (χ1n) is 17.9. The molecule has 17 heteroatoms. The molecule has 1 saturated heterocycles. The van der Waals surface area contributed by atoms with Crippen LogP contribution in [0.2, 0.25) is 0 Å². The summed E-state index contributed by atoms with van der Waals surface area (Å²) < 4.78 is 61.0. The Bertz CT molecular complexity index is 1700. The summed E-state index contributed by atoms with van der Waals surface area (Å²) in [5.74, 6) is 0.483. The van der Waals surface area contributed by atoms with Gasteiger partial charge in [-0.3, -0.25) is 4.79 Å². The van der Waals surface area contributed by atoms with Crippen molar-refractivity contribution >= 4 is 29.6 Å². The Labute approximate surface area is 305 Å². The van der Waals surface area contributed by atoms with Crippen molar-refractivity contribution in [1.82, 2.24) is 30.1 Å². The van der Waals surface area contributed by atoms with E-state index in [2.05, 4.69) is 35.8 Å². The van der Waals surface area contributed by atoms with Crippen molar-refractivity contribution in [2.75, 3.05) is 76.8 Å². The second-order valence-corrected chi connectivity index (χ2v) is 13.5. The van der Waals surface area contributed by atoms with Crippen LogP contribution in [0.1, 0.15) is 54.4 Å². The fourth-order valence-electron chi connectivity index (χ4n) is 6.28. The van der Waals surface area contributed by atoms with Gasteiger partial charge in [-0.1, -0.05) is 12.1 Å². The van der Waals surface area contributed by atoms with Gasteiger partial charge in [0.15, 0.2) is 6.61 Å². The molecule has 2 aromatic carbocycles. The highest BCUT2D eigenvalue weighted by molar-refractivity contribution is 5.97. The van der Waals surface area contributed by atoms with Crippen LogP contribution in [-0.2, 0) is 11.3 Å². The van der Waals surface area contributed by atoms with Crippen molar-refractivity contribution < 1.29 is 41.7 Å². The number of carbonyl (C=O) groups is 2. The summed E-state index contributed by atoms with van der Waals surface area (Å²) in [6.07, 6.45) is 0.420. The van der Waals surface area contributed by atoms with E-state index in [1.54, 1.807) is 35.2 Å². The molecule has 3 aromatic rings. The summed E-state index contributed by atoms with van der Waals surface area (Å²) in [6.45, 7) is 3.58. The van der Waals surface area contributed by atoms with Crippen molar-refractivity contribution in [2.45, 2.75) is 51.2 Å². The van der Waals surface area contributed by atoms with Gasteiger partial charge in [-0.05, 0) is 81.4 Å². The molecule has 0 atom stereocenters. The van der Waals surface area contributed by atoms with Crippen LogP contribution >= 0.6 is 0 Å². The van der Waals surface area contributed by atoms with Gasteiger partial charge in [-0.25, -0.2) is 4.79 Å². The number of ether oxygens (including phenoxy) is 4. The molecule has 0 spiro atoms. The number of nitrogens with one attached hydrogen (secondary N) is 3. The quantitative estimate of drug-likeness (QED) is 0.285. The van der Waals surface area contributed by atoms with Gasteiger partial charge < -0.3 is 44.7 Å². The van der Waals surface area contributed by atoms with Gasteiger partial charge in [0.1, 0.15) is 11.5 Å². The molecule has 0 unspecified atom stereocenters. The van der Waals surface area contributed by atoms with Crippen LogP contribution in [0, 0.1) is 5.41 Å². The van der Waals surface area contributed by atoms with Gasteiger partial charge in [0.25, 0.3) is 5.91 Å². The van der Waals surface area contributed by atoms with Crippen LogP contribution < -0.4 is 30.2 Å². The highest BCUT2D eigenvalue weighted by Crippen LogP contribution is 2.46. The molecule has 0 radical (unpaired) electrons. The number of halogens is 3. The zero-order valence-electron chi connectivity index (χ0n) is 29.7. The molecule has 286 valence electrons. The minimum absolute atomic E-state index is 0.0206. The number of anilines is 3. The van der Waals surface area contributed by atoms with E-state index in [0.29, 0.717) is 56.1 Å². The SMILES string of the molecule is COC(=O)N1CCCOc2ccc(cc2)CNc2nc(nc(OCC(F)(F)F)n2)Nc2ccc(C(=O)NCC3(CN4CCCC4)CC3)c(c2)OCCC1. The Morgan fingerprint density at radius 3 is 2.34 bits per heavy atom. The first kappa shape index (κ1) is 37.7. The molecule has 53 heavy (non-hydrogen) atoms. The minimum Gasteiger partial charge on any atom is -0.494 e. The van der Waals surface area contributed by atoms with Crippen molar-refractivity contribution in [3.05, 3.63) is 53.6 Å². The number of rotatable bonds is 7. The Hall–Kier alpha value is -5.06. The van der Waals surface area contributed by atoms with Crippen molar-refractivity contribution in [1.29, 1.82) is 0 Å². The predicted molar refractivity (Wildman–Crippen MR) is 189 cm³/mol. The lowest BCUT2D eigenvalue weighted by atomic mass is 10.1. The number of benzene rings is 2. The summed E-state index contributed by atoms with van der Waals surface area (Å²) in [6, 6.07) is 11.5. The maximum atomic E-state index is 13.6. The van der Waals surface area contributed by atoms with Crippen molar-refractivity contribution in [3.63, 3.8) is 0 Å². The highest BCUT2D eigenvalue weighted by Gasteiger charge is 2.44. The van der Waals surface area contributed by atoms with Crippen LogP contribution in [0.15, 0.2) is 42.5 Å². The topological polar surface area (TPSA) is 152 Å². The van der Waals surface area contributed by atoms with Gasteiger partial charge in [-0.15, -0.1) is 0 Å². The van der Waals surface area contributed by atoms with Crippen LogP contribution in [0.25, 0.3) is 0 Å². The number of alkyl halides is 3. The number of aromatic nitrogens is 3. The molecule has 1 saturated carbocycles. The van der Waals surface area contributed by atoms with Crippen LogP contribution in [0.5, 0.6) is 17.5 Å². The third kappa shape index (κ3) is 11.2. The molecule has 4 aliphatic rings. The maximum Gasteiger partial charge on any atom is 0.422 e. The van der Waals surface area contributed by atoms with Crippen molar-refractivity contribution in [3.8, 4) is 17.5 Å². The number of fused-ring (bicyclic) bond motifs is 11. The predicted octanol–water partition coefficient (Wildman–Crippen LogP) is 5.39. The van der Waals surface area contributed by atoms with E-state index in [1.807, 2.05) is 12.1 Å². The summed E-state index contributed by atoms with van der Waals surface area (Å²) in [7, 11) is 1.33. The molecule has 4 heterocycles. The smallest absolute Gasteiger partial charge is 0.422 e. The fourth-order valence-corrected chi connectivity index (χ4v) is 6.28. The largest absolute Gasteiger partial charge is 0.494 e. The molecule has 7 rings (SSSR count). The van der Waals surface area contributed by atoms with E-state index < -0.39 is 24.9 Å². The lowest BCUT2D eigenvalue weighted by molar-refractivity contribution is -0.154. The zero-order valence-corrected chi connectivity index (χ0v) is 29.7. The lowest BCUT2D eigenvalue weighted by Crippen LogP contribution is -2.37. The molecular formula is C36H45F3N8O6. The summed E-state index contributed by atoms with van der Waals surface area (Å²) in [5.41, 5.74) is 1.60. The lowest BCUT2D eigenvalue weighted by Gasteiger charge is -2.23. The monoisotopic (exact) mass is 742 g/mol. The molecule has 6 bridgehead atoms. The molecule has 2 fully saturated rings. The summed E-state index contributed by atoms with van der Waals surface area (Å²) >= 11 is 0. The van der Waals surface area contributed by atoms with Gasteiger partial charge in [0.2, 0.25) is 11.9 Å². The fraction of sp³-hybridized carbons (Fsp3) is 0.528. The standard InChI is InChI=1S/C36H45F3N8O6/c1-50-34(49)47-16-4-18-51-27-9-6-25(7-10-27)21-40-31-43-32(45-33(44-31)53-24-36(37,38)39)42-26-8-11-28(29(20-26)52-19-5-17-47)30(48)41-22-35(12-13-35)23-46-14-2-3-15-46/h6-11,20H,2-5,12-19,21-24H2,1H3,(H,41,48)(H2,40,42,43,44,45). The van der Waals surface area contributed by atoms with E-state index in [1.165, 1.54) is 20.0 Å². The molecule has 3 N–H and O–H groups in total. The first-order valence-corrected chi connectivity index (χ1v) is 17.9. The molecule has 1 aliphatic carbocycles. The van der Waals surface area contributed by atoms with E-state index in [9.17, 15) is 22.8 Å². The highest BCUT2D eigenvalue weighted by atomic mass is 19.4. The Kier molecular flexibility index (Phi) is 12.2. The molecule has 2 amide bonds. The summed E-state index contributed by atoms with van der Waals surface area (Å²) in [5, 5.41) is 9.11. The van der Waals surface area contributed by atoms with E-state index in [4.69, 9.17) is 18.9 Å². The third-order valence-electron chi connectivity index (χ3n) is 9.28. The van der Waals surface area contributed by atoms with Gasteiger partial charge in [0, 0.05) is 49.9 Å². The zero-order chi connectivity index (χ0) is 37.3. The average Bonchev–Trinajstić information content (AvgIpc) is 3.72. The van der Waals surface area contributed by atoms with Crippen LogP contribution in [0.3, 0.4) is 0 Å². The Morgan fingerprint density at radius 1 is 0.925 bits per heavy atom. The Balaban J connectivity index is 1.24.